The highest BCUT2D eigenvalue weighted by Crippen LogP contribution is 2.36. The topological polar surface area (TPSA) is 76.0 Å². The van der Waals surface area contributed by atoms with Crippen LogP contribution in [-0.2, 0) is 9.59 Å². The minimum absolute atomic E-state index is 0.273. The third-order valence-corrected chi connectivity index (χ3v) is 3.93. The van der Waals surface area contributed by atoms with E-state index in [1.54, 1.807) is 0 Å². The molecule has 2 aromatic rings. The first kappa shape index (κ1) is 20.7. The third-order valence-electron chi connectivity index (χ3n) is 3.54. The van der Waals surface area contributed by atoms with E-state index in [9.17, 15) is 27.2 Å². The number of carbonyl (C=O) groups excluding carboxylic acids is 2. The maximum absolute atomic E-state index is 13.2. The Morgan fingerprint density at radius 1 is 1.04 bits per heavy atom. The summed E-state index contributed by atoms with van der Waals surface area (Å²) in [6.07, 6.45) is -6.35. The summed E-state index contributed by atoms with van der Waals surface area (Å²) in [5.41, 5.74) is -1.15. The summed E-state index contributed by atoms with van der Waals surface area (Å²) in [5.74, 6) is -1.03. The molecule has 1 aromatic carbocycles. The second-order valence-corrected chi connectivity index (χ2v) is 5.93. The number of benzene rings is 1. The minimum Gasteiger partial charge on any atom is -0.326 e. The number of amides is 2. The van der Waals surface area contributed by atoms with Gasteiger partial charge in [-0.25, -0.2) is 22.2 Å². The monoisotopic (exact) mass is 406 g/mol. The van der Waals surface area contributed by atoms with Crippen molar-refractivity contribution in [1.29, 1.82) is 0 Å². The number of hydrogen-bond donors (Lipinski definition) is 2. The average Bonchev–Trinajstić information content (AvgIpc) is 2.93. The Morgan fingerprint density at radius 2 is 1.56 bits per heavy atom. The molecule has 0 aliphatic heterocycles. The van der Waals surface area contributed by atoms with Gasteiger partial charge in [0.05, 0.1) is 5.02 Å². The molecule has 1 aromatic heterocycles. The van der Waals surface area contributed by atoms with Crippen LogP contribution in [0.2, 0.25) is 5.02 Å². The van der Waals surface area contributed by atoms with Gasteiger partial charge in [0.25, 0.3) is 12.9 Å². The summed E-state index contributed by atoms with van der Waals surface area (Å²) >= 11 is 5.58. The van der Waals surface area contributed by atoms with E-state index in [1.165, 1.54) is 38.1 Å². The molecule has 2 N–H and O–H groups in total. The van der Waals surface area contributed by atoms with E-state index in [0.29, 0.717) is 16.1 Å². The van der Waals surface area contributed by atoms with Crippen molar-refractivity contribution in [2.75, 3.05) is 10.6 Å². The van der Waals surface area contributed by atoms with Crippen molar-refractivity contribution in [3.05, 3.63) is 40.7 Å². The van der Waals surface area contributed by atoms with Crippen LogP contribution < -0.4 is 10.6 Å². The van der Waals surface area contributed by atoms with Crippen LogP contribution in [0.3, 0.4) is 0 Å². The molecule has 1 unspecified atom stereocenters. The van der Waals surface area contributed by atoms with Crippen molar-refractivity contribution < 1.29 is 27.2 Å². The fourth-order valence-corrected chi connectivity index (χ4v) is 2.56. The maximum atomic E-state index is 13.2. The van der Waals surface area contributed by atoms with Gasteiger partial charge in [-0.05, 0) is 31.2 Å². The van der Waals surface area contributed by atoms with Gasteiger partial charge in [0, 0.05) is 18.3 Å². The minimum atomic E-state index is -3.19. The van der Waals surface area contributed by atoms with Crippen molar-refractivity contribution in [3.8, 4) is 0 Å². The van der Waals surface area contributed by atoms with E-state index in [1.807, 2.05) is 0 Å². The zero-order valence-electron chi connectivity index (χ0n) is 14.1. The summed E-state index contributed by atoms with van der Waals surface area (Å²) in [7, 11) is 0. The summed E-state index contributed by atoms with van der Waals surface area (Å²) < 4.78 is 52.7. The van der Waals surface area contributed by atoms with E-state index in [2.05, 4.69) is 15.7 Å². The maximum Gasteiger partial charge on any atom is 0.283 e. The Labute approximate surface area is 156 Å². The van der Waals surface area contributed by atoms with E-state index in [4.69, 9.17) is 11.6 Å². The van der Waals surface area contributed by atoms with Crippen LogP contribution in [0.25, 0.3) is 0 Å². The quantitative estimate of drug-likeness (QED) is 0.690. The SMILES string of the molecule is CC(=O)Nc1ccc(NC(=O)C(C)n2nc(C(F)F)c(Cl)c2C(F)F)cc1. The molecule has 0 aliphatic carbocycles. The molecular formula is C16H15ClF4N4O2. The van der Waals surface area contributed by atoms with Crippen LogP contribution in [0.5, 0.6) is 0 Å². The first-order valence-corrected chi connectivity index (χ1v) is 8.02. The lowest BCUT2D eigenvalue weighted by Gasteiger charge is -2.16. The molecule has 0 radical (unpaired) electrons. The molecule has 0 fully saturated rings. The fraction of sp³-hybridized carbons (Fsp3) is 0.312. The Bertz CT molecular complexity index is 840. The predicted octanol–water partition coefficient (Wildman–Crippen LogP) is 4.57. The number of rotatable bonds is 6. The molecule has 2 rings (SSSR count). The lowest BCUT2D eigenvalue weighted by molar-refractivity contribution is -0.119. The van der Waals surface area contributed by atoms with Gasteiger partial charge in [-0.2, -0.15) is 5.10 Å². The molecule has 0 aliphatic rings. The first-order valence-electron chi connectivity index (χ1n) is 7.64. The largest absolute Gasteiger partial charge is 0.326 e. The molecule has 6 nitrogen and oxygen atoms in total. The Hall–Kier alpha value is -2.62. The van der Waals surface area contributed by atoms with Gasteiger partial charge in [-0.15, -0.1) is 0 Å². The number of hydrogen-bond acceptors (Lipinski definition) is 3. The van der Waals surface area contributed by atoms with Crippen LogP contribution >= 0.6 is 11.6 Å². The fourth-order valence-electron chi connectivity index (χ4n) is 2.27. The van der Waals surface area contributed by atoms with Crippen molar-refractivity contribution in [1.82, 2.24) is 9.78 Å². The second kappa shape index (κ2) is 8.38. The first-order chi connectivity index (χ1) is 12.6. The summed E-state index contributed by atoms with van der Waals surface area (Å²) in [6.45, 7) is 2.56. The van der Waals surface area contributed by atoms with Crippen LogP contribution in [0.1, 0.15) is 44.1 Å². The average molecular weight is 407 g/mol. The van der Waals surface area contributed by atoms with Crippen LogP contribution in [0.4, 0.5) is 28.9 Å². The summed E-state index contributed by atoms with van der Waals surface area (Å²) in [4.78, 5) is 23.3. The van der Waals surface area contributed by atoms with Crippen LogP contribution in [-0.4, -0.2) is 21.6 Å². The van der Waals surface area contributed by atoms with Gasteiger partial charge < -0.3 is 10.6 Å². The van der Waals surface area contributed by atoms with Gasteiger partial charge in [-0.1, -0.05) is 11.6 Å². The molecule has 11 heteroatoms. The van der Waals surface area contributed by atoms with E-state index in [-0.39, 0.29) is 5.91 Å². The molecule has 0 saturated carbocycles. The zero-order valence-corrected chi connectivity index (χ0v) is 14.9. The Morgan fingerprint density at radius 3 is 2.00 bits per heavy atom. The van der Waals surface area contributed by atoms with Crippen LogP contribution in [0, 0.1) is 0 Å². The van der Waals surface area contributed by atoms with Crippen molar-refractivity contribution in [3.63, 3.8) is 0 Å². The predicted molar refractivity (Wildman–Crippen MR) is 91.2 cm³/mol. The highest BCUT2D eigenvalue weighted by Gasteiger charge is 2.31. The number of anilines is 2. The highest BCUT2D eigenvalue weighted by molar-refractivity contribution is 6.32. The van der Waals surface area contributed by atoms with Crippen LogP contribution in [0.15, 0.2) is 24.3 Å². The zero-order chi connectivity index (χ0) is 20.3. The molecule has 0 spiro atoms. The van der Waals surface area contributed by atoms with Crippen molar-refractivity contribution in [2.45, 2.75) is 32.7 Å². The lowest BCUT2D eigenvalue weighted by atomic mass is 10.2. The van der Waals surface area contributed by atoms with E-state index < -0.39 is 41.2 Å². The van der Waals surface area contributed by atoms with E-state index in [0.717, 1.165) is 0 Å². The van der Waals surface area contributed by atoms with Gasteiger partial charge in [-0.3, -0.25) is 9.59 Å². The number of halogens is 5. The van der Waals surface area contributed by atoms with E-state index >= 15 is 0 Å². The molecule has 1 atom stereocenters. The van der Waals surface area contributed by atoms with Gasteiger partial charge in [0.1, 0.15) is 17.4 Å². The molecule has 2 amide bonds. The summed E-state index contributed by atoms with van der Waals surface area (Å²) in [5, 5.41) is 7.52. The standard InChI is InChI=1S/C16H15ClF4N4O2/c1-7(25-13(15(20)21)11(17)12(24-25)14(18)19)16(27)23-10-5-3-9(4-6-10)22-8(2)26/h3-7,14-15H,1-2H3,(H,22,26)(H,23,27). The van der Waals surface area contributed by atoms with Crippen molar-refractivity contribution in [2.24, 2.45) is 0 Å². The highest BCUT2D eigenvalue weighted by atomic mass is 35.5. The molecule has 27 heavy (non-hydrogen) atoms. The normalized spacial score (nSPS) is 12.3. The van der Waals surface area contributed by atoms with Gasteiger partial charge in [0.15, 0.2) is 0 Å². The second-order valence-electron chi connectivity index (χ2n) is 5.55. The molecule has 146 valence electrons. The molecule has 0 saturated heterocycles. The Kier molecular flexibility index (Phi) is 6.42. The summed E-state index contributed by atoms with van der Waals surface area (Å²) in [6, 6.07) is 4.67. The third kappa shape index (κ3) is 4.76. The molecular weight excluding hydrogens is 392 g/mol. The number of carbonyl (C=O) groups is 2. The number of nitrogens with zero attached hydrogens (tertiary/aromatic N) is 2. The smallest absolute Gasteiger partial charge is 0.283 e. The number of aromatic nitrogens is 2. The lowest BCUT2D eigenvalue weighted by Crippen LogP contribution is -2.26. The molecule has 0 bridgehead atoms. The molecule has 1 heterocycles. The number of nitrogens with one attached hydrogen (secondary N) is 2. The number of alkyl halides is 4. The van der Waals surface area contributed by atoms with Crippen molar-refractivity contribution >= 4 is 34.8 Å². The van der Waals surface area contributed by atoms with Gasteiger partial charge in [0.2, 0.25) is 11.8 Å². The van der Waals surface area contributed by atoms with Gasteiger partial charge >= 0.3 is 0 Å². The Balaban J connectivity index is 2.22.